The third-order valence-corrected chi connectivity index (χ3v) is 2.59. The van der Waals surface area contributed by atoms with Crippen molar-refractivity contribution in [3.8, 4) is 0 Å². The van der Waals surface area contributed by atoms with Gasteiger partial charge in [0.05, 0.1) is 5.02 Å². The maximum atomic E-state index is 13.1. The molecule has 0 aromatic heterocycles. The average Bonchev–Trinajstić information content (AvgIpc) is 2.31. The molecule has 0 spiro atoms. The molecule has 0 bridgehead atoms. The van der Waals surface area contributed by atoms with Crippen molar-refractivity contribution in [3.05, 3.63) is 34.6 Å². The van der Waals surface area contributed by atoms with Gasteiger partial charge in [-0.25, -0.2) is 9.18 Å². The zero-order chi connectivity index (χ0) is 15.5. The van der Waals surface area contributed by atoms with E-state index >= 15 is 0 Å². The standard InChI is InChI=1S/C11H8ClF4NO3/c12-6-2-1-5(3-7(6)13)4-8(9(18)19)17-10(20)11(14,15)16/h1-3,8H,4H2,(H,17,20)(H,18,19)/t8-/m0/s1. The highest BCUT2D eigenvalue weighted by Gasteiger charge is 2.40. The van der Waals surface area contributed by atoms with Gasteiger partial charge in [-0.2, -0.15) is 13.2 Å². The molecule has 0 unspecified atom stereocenters. The third-order valence-electron chi connectivity index (χ3n) is 2.28. The van der Waals surface area contributed by atoms with E-state index in [4.69, 9.17) is 16.7 Å². The number of benzene rings is 1. The molecule has 9 heteroatoms. The van der Waals surface area contributed by atoms with Crippen LogP contribution in [0.15, 0.2) is 18.2 Å². The molecule has 4 nitrogen and oxygen atoms in total. The molecule has 0 saturated carbocycles. The van der Waals surface area contributed by atoms with E-state index < -0.39 is 36.3 Å². The zero-order valence-electron chi connectivity index (χ0n) is 9.67. The van der Waals surface area contributed by atoms with Crippen LogP contribution in [0.25, 0.3) is 0 Å². The summed E-state index contributed by atoms with van der Waals surface area (Å²) in [5.74, 6) is -4.88. The van der Waals surface area contributed by atoms with Crippen molar-refractivity contribution in [1.82, 2.24) is 5.32 Å². The van der Waals surface area contributed by atoms with Gasteiger partial charge in [0.25, 0.3) is 0 Å². The van der Waals surface area contributed by atoms with Crippen molar-refractivity contribution in [2.24, 2.45) is 0 Å². The average molecular weight is 314 g/mol. The van der Waals surface area contributed by atoms with Gasteiger partial charge < -0.3 is 10.4 Å². The lowest BCUT2D eigenvalue weighted by Gasteiger charge is -2.15. The van der Waals surface area contributed by atoms with Crippen molar-refractivity contribution in [2.45, 2.75) is 18.6 Å². The van der Waals surface area contributed by atoms with E-state index in [9.17, 15) is 27.2 Å². The number of nitrogens with one attached hydrogen (secondary N) is 1. The predicted octanol–water partition coefficient (Wildman–Crippen LogP) is 2.15. The number of hydrogen-bond donors (Lipinski definition) is 2. The number of halogens is 5. The van der Waals surface area contributed by atoms with Gasteiger partial charge in [-0.3, -0.25) is 4.79 Å². The summed E-state index contributed by atoms with van der Waals surface area (Å²) in [5.41, 5.74) is 0.0850. The minimum absolute atomic E-state index is 0.0850. The van der Waals surface area contributed by atoms with Crippen LogP contribution in [0.4, 0.5) is 17.6 Å². The SMILES string of the molecule is O=C(O)[C@H](Cc1ccc(Cl)c(F)c1)NC(=O)C(F)(F)F. The second-order valence-corrected chi connectivity index (χ2v) is 4.22. The number of carboxylic acid groups (broad SMARTS) is 1. The number of rotatable bonds is 4. The number of alkyl halides is 3. The molecular weight excluding hydrogens is 306 g/mol. The van der Waals surface area contributed by atoms with Gasteiger partial charge in [-0.15, -0.1) is 0 Å². The van der Waals surface area contributed by atoms with E-state index in [1.165, 1.54) is 11.4 Å². The fourth-order valence-electron chi connectivity index (χ4n) is 1.34. The van der Waals surface area contributed by atoms with E-state index in [2.05, 4.69) is 0 Å². The lowest BCUT2D eigenvalue weighted by atomic mass is 10.1. The smallest absolute Gasteiger partial charge is 0.471 e. The van der Waals surface area contributed by atoms with Crippen molar-refractivity contribution in [1.29, 1.82) is 0 Å². The van der Waals surface area contributed by atoms with Crippen LogP contribution in [-0.4, -0.2) is 29.2 Å². The molecular formula is C11H8ClF4NO3. The number of hydrogen-bond acceptors (Lipinski definition) is 2. The van der Waals surface area contributed by atoms with Crippen LogP contribution in [-0.2, 0) is 16.0 Å². The van der Waals surface area contributed by atoms with Crippen molar-refractivity contribution < 1.29 is 32.3 Å². The van der Waals surface area contributed by atoms with E-state index in [0.29, 0.717) is 0 Å². The van der Waals surface area contributed by atoms with Crippen LogP contribution >= 0.6 is 11.6 Å². The van der Waals surface area contributed by atoms with Crippen molar-refractivity contribution in [2.75, 3.05) is 0 Å². The van der Waals surface area contributed by atoms with E-state index in [1.807, 2.05) is 0 Å². The minimum atomic E-state index is -5.20. The minimum Gasteiger partial charge on any atom is -0.480 e. The van der Waals surface area contributed by atoms with Crippen molar-refractivity contribution >= 4 is 23.5 Å². The molecule has 0 fully saturated rings. The first-order valence-corrected chi connectivity index (χ1v) is 5.53. The van der Waals surface area contributed by atoms with Crippen LogP contribution in [0.1, 0.15) is 5.56 Å². The number of carbonyl (C=O) groups is 2. The molecule has 0 radical (unpaired) electrons. The Bertz CT molecular complexity index is 533. The molecule has 0 aliphatic carbocycles. The van der Waals surface area contributed by atoms with Crippen LogP contribution in [0.5, 0.6) is 0 Å². The Hall–Kier alpha value is -1.83. The Morgan fingerprint density at radius 3 is 2.40 bits per heavy atom. The lowest BCUT2D eigenvalue weighted by Crippen LogP contribution is -2.47. The Balaban J connectivity index is 2.85. The highest BCUT2D eigenvalue weighted by molar-refractivity contribution is 6.30. The second-order valence-electron chi connectivity index (χ2n) is 3.81. The van der Waals surface area contributed by atoms with Crippen LogP contribution in [0.2, 0.25) is 5.02 Å². The predicted molar refractivity (Wildman–Crippen MR) is 60.7 cm³/mol. The van der Waals surface area contributed by atoms with E-state index in [0.717, 1.165) is 12.1 Å². The Morgan fingerprint density at radius 2 is 1.95 bits per heavy atom. The molecule has 1 aromatic rings. The summed E-state index contributed by atoms with van der Waals surface area (Å²) in [6.45, 7) is 0. The monoisotopic (exact) mass is 313 g/mol. The maximum absolute atomic E-state index is 13.1. The Kier molecular flexibility index (Phi) is 4.93. The van der Waals surface area contributed by atoms with Gasteiger partial charge in [0, 0.05) is 6.42 Å². The fraction of sp³-hybridized carbons (Fsp3) is 0.273. The van der Waals surface area contributed by atoms with Crippen molar-refractivity contribution in [3.63, 3.8) is 0 Å². The van der Waals surface area contributed by atoms with Gasteiger partial charge in [-0.1, -0.05) is 17.7 Å². The molecule has 0 heterocycles. The first kappa shape index (κ1) is 16.2. The second kappa shape index (κ2) is 6.08. The van der Waals surface area contributed by atoms with Gasteiger partial charge >= 0.3 is 18.1 Å². The molecule has 0 aliphatic heterocycles. The van der Waals surface area contributed by atoms with Crippen LogP contribution in [0.3, 0.4) is 0 Å². The summed E-state index contributed by atoms with van der Waals surface area (Å²) in [6.07, 6.45) is -5.70. The van der Waals surface area contributed by atoms with Crippen LogP contribution < -0.4 is 5.32 Å². The summed E-state index contributed by atoms with van der Waals surface area (Å²) < 4.78 is 49.3. The molecule has 1 aromatic carbocycles. The summed E-state index contributed by atoms with van der Waals surface area (Å²) >= 11 is 5.41. The number of carbonyl (C=O) groups excluding carboxylic acids is 1. The number of amides is 1. The molecule has 0 aliphatic rings. The molecule has 2 N–H and O–H groups in total. The third kappa shape index (κ3) is 4.37. The van der Waals surface area contributed by atoms with Crippen LogP contribution in [0, 0.1) is 5.82 Å². The van der Waals surface area contributed by atoms with Gasteiger partial charge in [0.15, 0.2) is 0 Å². The number of carboxylic acids is 1. The highest BCUT2D eigenvalue weighted by Crippen LogP contribution is 2.18. The first-order valence-electron chi connectivity index (χ1n) is 5.15. The van der Waals surface area contributed by atoms with E-state index in [1.54, 1.807) is 0 Å². The fourth-order valence-corrected chi connectivity index (χ4v) is 1.46. The molecule has 0 saturated heterocycles. The zero-order valence-corrected chi connectivity index (χ0v) is 10.4. The molecule has 110 valence electrons. The molecule has 1 atom stereocenters. The Morgan fingerprint density at radius 1 is 1.35 bits per heavy atom. The Labute approximate surface area is 115 Å². The summed E-state index contributed by atoms with van der Waals surface area (Å²) in [4.78, 5) is 21.5. The highest BCUT2D eigenvalue weighted by atomic mass is 35.5. The molecule has 20 heavy (non-hydrogen) atoms. The normalized spacial score (nSPS) is 12.8. The topological polar surface area (TPSA) is 66.4 Å². The number of aliphatic carboxylic acids is 1. The molecule has 1 rings (SSSR count). The van der Waals surface area contributed by atoms with Gasteiger partial charge in [0.1, 0.15) is 11.9 Å². The lowest BCUT2D eigenvalue weighted by molar-refractivity contribution is -0.175. The van der Waals surface area contributed by atoms with Gasteiger partial charge in [0.2, 0.25) is 0 Å². The largest absolute Gasteiger partial charge is 0.480 e. The molecule has 1 amide bonds. The maximum Gasteiger partial charge on any atom is 0.471 e. The van der Waals surface area contributed by atoms with E-state index in [-0.39, 0.29) is 10.6 Å². The quantitative estimate of drug-likeness (QED) is 0.837. The summed E-state index contributed by atoms with van der Waals surface area (Å²) in [7, 11) is 0. The summed E-state index contributed by atoms with van der Waals surface area (Å²) in [5, 5.41) is 9.88. The van der Waals surface area contributed by atoms with Gasteiger partial charge in [-0.05, 0) is 17.7 Å². The summed E-state index contributed by atoms with van der Waals surface area (Å²) in [6, 6.07) is 1.44. The first-order chi connectivity index (χ1) is 9.11.